The summed E-state index contributed by atoms with van der Waals surface area (Å²) < 4.78 is 5.22. The minimum absolute atomic E-state index is 0.321. The standard InChI is InChI=1S/C16H24N2O2/c1-13-7-9-17-10-8-15(13)11-18-16(19)20-12-14-5-3-2-4-6-14/h2-6,13,15,17H,7-12H2,1H3,(H,18,19)/t13-,15-/m1/s1. The summed E-state index contributed by atoms with van der Waals surface area (Å²) in [4.78, 5) is 11.7. The maximum Gasteiger partial charge on any atom is 0.407 e. The Morgan fingerprint density at radius 3 is 2.85 bits per heavy atom. The van der Waals surface area contributed by atoms with Crippen molar-refractivity contribution in [2.24, 2.45) is 11.8 Å². The second-order valence-corrected chi connectivity index (χ2v) is 5.51. The molecule has 0 unspecified atom stereocenters. The van der Waals surface area contributed by atoms with Crippen LogP contribution < -0.4 is 10.6 Å². The quantitative estimate of drug-likeness (QED) is 0.888. The number of nitrogens with one attached hydrogen (secondary N) is 2. The second-order valence-electron chi connectivity index (χ2n) is 5.51. The molecule has 1 aromatic carbocycles. The summed E-state index contributed by atoms with van der Waals surface area (Å²) in [5.41, 5.74) is 1.01. The fraction of sp³-hybridized carbons (Fsp3) is 0.562. The lowest BCUT2D eigenvalue weighted by atomic mass is 9.90. The molecule has 1 aromatic rings. The van der Waals surface area contributed by atoms with E-state index in [1.54, 1.807) is 0 Å². The highest BCUT2D eigenvalue weighted by Crippen LogP contribution is 2.20. The third-order valence-electron chi connectivity index (χ3n) is 3.99. The van der Waals surface area contributed by atoms with Crippen molar-refractivity contribution in [3.8, 4) is 0 Å². The van der Waals surface area contributed by atoms with Gasteiger partial charge >= 0.3 is 6.09 Å². The Morgan fingerprint density at radius 2 is 2.05 bits per heavy atom. The Bertz CT molecular complexity index is 408. The van der Waals surface area contributed by atoms with Gasteiger partial charge in [-0.2, -0.15) is 0 Å². The molecule has 2 rings (SSSR count). The number of rotatable bonds is 4. The lowest BCUT2D eigenvalue weighted by Crippen LogP contribution is -2.32. The van der Waals surface area contributed by atoms with Crippen molar-refractivity contribution in [2.75, 3.05) is 19.6 Å². The number of ether oxygens (including phenoxy) is 1. The smallest absolute Gasteiger partial charge is 0.407 e. The summed E-state index contributed by atoms with van der Waals surface area (Å²) >= 11 is 0. The minimum atomic E-state index is -0.321. The maximum absolute atomic E-state index is 11.7. The zero-order chi connectivity index (χ0) is 14.2. The van der Waals surface area contributed by atoms with Gasteiger partial charge in [0.15, 0.2) is 0 Å². The van der Waals surface area contributed by atoms with Gasteiger partial charge in [-0.1, -0.05) is 37.3 Å². The largest absolute Gasteiger partial charge is 0.445 e. The molecule has 1 amide bonds. The molecule has 0 radical (unpaired) electrons. The maximum atomic E-state index is 11.7. The Morgan fingerprint density at radius 1 is 1.30 bits per heavy atom. The van der Waals surface area contributed by atoms with Crippen molar-refractivity contribution in [2.45, 2.75) is 26.4 Å². The number of amides is 1. The van der Waals surface area contributed by atoms with Crippen LogP contribution >= 0.6 is 0 Å². The van der Waals surface area contributed by atoms with Gasteiger partial charge in [-0.25, -0.2) is 4.79 Å². The third kappa shape index (κ3) is 4.85. The van der Waals surface area contributed by atoms with E-state index in [9.17, 15) is 4.79 Å². The molecule has 1 heterocycles. The van der Waals surface area contributed by atoms with Crippen LogP contribution in [0.25, 0.3) is 0 Å². The fourth-order valence-corrected chi connectivity index (χ4v) is 2.55. The van der Waals surface area contributed by atoms with E-state index in [1.807, 2.05) is 30.3 Å². The van der Waals surface area contributed by atoms with Gasteiger partial charge < -0.3 is 15.4 Å². The predicted molar refractivity (Wildman–Crippen MR) is 79.4 cm³/mol. The van der Waals surface area contributed by atoms with Crippen molar-refractivity contribution < 1.29 is 9.53 Å². The van der Waals surface area contributed by atoms with Gasteiger partial charge in [0, 0.05) is 6.54 Å². The highest BCUT2D eigenvalue weighted by atomic mass is 16.5. The molecule has 20 heavy (non-hydrogen) atoms. The number of benzene rings is 1. The van der Waals surface area contributed by atoms with Crippen LogP contribution in [0.1, 0.15) is 25.3 Å². The highest BCUT2D eigenvalue weighted by molar-refractivity contribution is 5.67. The van der Waals surface area contributed by atoms with Gasteiger partial charge in [-0.15, -0.1) is 0 Å². The molecule has 1 aliphatic heterocycles. The molecular formula is C16H24N2O2. The van der Waals surface area contributed by atoms with Crippen molar-refractivity contribution in [3.05, 3.63) is 35.9 Å². The van der Waals surface area contributed by atoms with E-state index in [4.69, 9.17) is 4.74 Å². The Labute approximate surface area is 120 Å². The molecule has 0 aromatic heterocycles. The first kappa shape index (κ1) is 14.9. The first-order valence-electron chi connectivity index (χ1n) is 7.41. The van der Waals surface area contributed by atoms with Gasteiger partial charge in [0.1, 0.15) is 6.61 Å². The lowest BCUT2D eigenvalue weighted by Gasteiger charge is -2.21. The molecular weight excluding hydrogens is 252 g/mol. The van der Waals surface area contributed by atoms with E-state index in [-0.39, 0.29) is 6.09 Å². The van der Waals surface area contributed by atoms with Gasteiger partial charge in [-0.3, -0.25) is 0 Å². The van der Waals surface area contributed by atoms with Gasteiger partial charge in [-0.05, 0) is 43.3 Å². The van der Waals surface area contributed by atoms with Crippen LogP contribution in [0.2, 0.25) is 0 Å². The molecule has 2 atom stereocenters. The van der Waals surface area contributed by atoms with E-state index < -0.39 is 0 Å². The monoisotopic (exact) mass is 276 g/mol. The lowest BCUT2D eigenvalue weighted by molar-refractivity contribution is 0.136. The molecule has 0 saturated carbocycles. The Kier molecular flexibility index (Phi) is 5.87. The van der Waals surface area contributed by atoms with Gasteiger partial charge in [0.25, 0.3) is 0 Å². The molecule has 1 fully saturated rings. The zero-order valence-electron chi connectivity index (χ0n) is 12.1. The predicted octanol–water partition coefficient (Wildman–Crippen LogP) is 2.55. The average molecular weight is 276 g/mol. The van der Waals surface area contributed by atoms with Crippen molar-refractivity contribution in [1.82, 2.24) is 10.6 Å². The molecule has 1 saturated heterocycles. The number of carbonyl (C=O) groups excluding carboxylic acids is 1. The first-order chi connectivity index (χ1) is 9.75. The SMILES string of the molecule is C[C@@H]1CCNCC[C@@H]1CNC(=O)OCc1ccccc1. The summed E-state index contributed by atoms with van der Waals surface area (Å²) in [7, 11) is 0. The number of hydrogen-bond donors (Lipinski definition) is 2. The number of hydrogen-bond acceptors (Lipinski definition) is 3. The second kappa shape index (κ2) is 7.90. The van der Waals surface area contributed by atoms with E-state index >= 15 is 0 Å². The summed E-state index contributed by atoms with van der Waals surface area (Å²) in [5, 5.41) is 6.29. The van der Waals surface area contributed by atoms with E-state index in [0.29, 0.717) is 25.0 Å². The van der Waals surface area contributed by atoms with Crippen LogP contribution in [-0.2, 0) is 11.3 Å². The van der Waals surface area contributed by atoms with Crippen LogP contribution in [0.4, 0.5) is 4.79 Å². The van der Waals surface area contributed by atoms with Crippen LogP contribution in [0.15, 0.2) is 30.3 Å². The molecule has 0 aliphatic carbocycles. The van der Waals surface area contributed by atoms with Crippen molar-refractivity contribution in [3.63, 3.8) is 0 Å². The van der Waals surface area contributed by atoms with Gasteiger partial charge in [0.2, 0.25) is 0 Å². The minimum Gasteiger partial charge on any atom is -0.445 e. The van der Waals surface area contributed by atoms with E-state index in [1.165, 1.54) is 6.42 Å². The van der Waals surface area contributed by atoms with Crippen molar-refractivity contribution >= 4 is 6.09 Å². The summed E-state index contributed by atoms with van der Waals surface area (Å²) in [6, 6.07) is 9.73. The normalized spacial score (nSPS) is 22.9. The topological polar surface area (TPSA) is 50.4 Å². The summed E-state index contributed by atoms with van der Waals surface area (Å²) in [6.07, 6.45) is 1.96. The molecule has 1 aliphatic rings. The molecule has 0 bridgehead atoms. The average Bonchev–Trinajstić information content (AvgIpc) is 2.68. The van der Waals surface area contributed by atoms with E-state index in [0.717, 1.165) is 25.1 Å². The molecule has 4 heteroatoms. The third-order valence-corrected chi connectivity index (χ3v) is 3.99. The molecule has 2 N–H and O–H groups in total. The fourth-order valence-electron chi connectivity index (χ4n) is 2.55. The van der Waals surface area contributed by atoms with Crippen molar-refractivity contribution in [1.29, 1.82) is 0 Å². The van der Waals surface area contributed by atoms with Crippen LogP contribution in [0, 0.1) is 11.8 Å². The Balaban J connectivity index is 1.69. The summed E-state index contributed by atoms with van der Waals surface area (Å²) in [5.74, 6) is 1.17. The first-order valence-corrected chi connectivity index (χ1v) is 7.41. The number of carbonyl (C=O) groups is 1. The summed E-state index contributed by atoms with van der Waals surface area (Å²) in [6.45, 7) is 5.41. The Hall–Kier alpha value is -1.55. The van der Waals surface area contributed by atoms with Crippen LogP contribution in [-0.4, -0.2) is 25.7 Å². The molecule has 110 valence electrons. The van der Waals surface area contributed by atoms with Crippen LogP contribution in [0.5, 0.6) is 0 Å². The zero-order valence-corrected chi connectivity index (χ0v) is 12.1. The highest BCUT2D eigenvalue weighted by Gasteiger charge is 2.20. The van der Waals surface area contributed by atoms with Gasteiger partial charge in [0.05, 0.1) is 0 Å². The van der Waals surface area contributed by atoms with Crippen LogP contribution in [0.3, 0.4) is 0 Å². The number of alkyl carbamates (subject to hydrolysis) is 1. The van der Waals surface area contributed by atoms with E-state index in [2.05, 4.69) is 17.6 Å². The molecule has 0 spiro atoms. The molecule has 4 nitrogen and oxygen atoms in total.